The molecule has 0 bridgehead atoms. The number of unbranched alkanes of at least 4 members (excludes halogenated alkanes) is 1. The zero-order valence-electron chi connectivity index (χ0n) is 14.2. The van der Waals surface area contributed by atoms with Crippen LogP contribution in [0.25, 0.3) is 0 Å². The van der Waals surface area contributed by atoms with Gasteiger partial charge in [0.1, 0.15) is 12.4 Å². The summed E-state index contributed by atoms with van der Waals surface area (Å²) in [5.74, 6) is 0.965. The van der Waals surface area contributed by atoms with Gasteiger partial charge < -0.3 is 16.2 Å². The molecule has 0 spiro atoms. The van der Waals surface area contributed by atoms with Gasteiger partial charge in [0.25, 0.3) is 0 Å². The highest BCUT2D eigenvalue weighted by Gasteiger charge is 2.11. The van der Waals surface area contributed by atoms with Crippen LogP contribution in [-0.2, 0) is 6.61 Å². The Hall–Kier alpha value is -1.84. The van der Waals surface area contributed by atoms with Crippen molar-refractivity contribution in [1.29, 1.82) is 0 Å². The molecule has 4 N–H and O–H groups in total. The van der Waals surface area contributed by atoms with E-state index in [1.54, 1.807) is 0 Å². The summed E-state index contributed by atoms with van der Waals surface area (Å²) in [6.45, 7) is 5.49. The molecule has 0 aliphatic carbocycles. The number of hydrogen-bond acceptors (Lipinski definition) is 3. The molecule has 0 saturated heterocycles. The summed E-state index contributed by atoms with van der Waals surface area (Å²) in [7, 11) is 0. The van der Waals surface area contributed by atoms with Crippen LogP contribution in [0.1, 0.15) is 47.6 Å². The second kappa shape index (κ2) is 8.70. The molecule has 3 heteroatoms. The third kappa shape index (κ3) is 5.08. The predicted octanol–water partition coefficient (Wildman–Crippen LogP) is 4.01. The average molecular weight is 312 g/mol. The van der Waals surface area contributed by atoms with Crippen LogP contribution in [0.5, 0.6) is 5.75 Å². The Balaban J connectivity index is 2.04. The van der Waals surface area contributed by atoms with Crippen LogP contribution in [0.2, 0.25) is 0 Å². The maximum Gasteiger partial charge on any atom is 0.125 e. The summed E-state index contributed by atoms with van der Waals surface area (Å²) >= 11 is 0. The van der Waals surface area contributed by atoms with Crippen molar-refractivity contribution in [2.24, 2.45) is 11.5 Å². The van der Waals surface area contributed by atoms with Crippen LogP contribution in [0.15, 0.2) is 42.5 Å². The van der Waals surface area contributed by atoms with E-state index < -0.39 is 0 Å². The molecule has 0 fully saturated rings. The summed E-state index contributed by atoms with van der Waals surface area (Å²) in [4.78, 5) is 0. The Morgan fingerprint density at radius 1 is 1.00 bits per heavy atom. The number of aryl methyl sites for hydroxylation is 2. The van der Waals surface area contributed by atoms with Gasteiger partial charge in [0.15, 0.2) is 0 Å². The first-order valence-corrected chi connectivity index (χ1v) is 8.35. The summed E-state index contributed by atoms with van der Waals surface area (Å²) < 4.78 is 6.03. The van der Waals surface area contributed by atoms with Crippen LogP contribution in [0.3, 0.4) is 0 Å². The van der Waals surface area contributed by atoms with Gasteiger partial charge in [-0.2, -0.15) is 0 Å². The second-order valence-corrected chi connectivity index (χ2v) is 6.15. The maximum atomic E-state index is 6.31. The standard InChI is InChI=1S/C20H28N2O/c1-15-12-18(19(22)10-6-7-11-21)13-16(2)20(15)23-14-17-8-4-3-5-9-17/h3-5,8-9,12-13,19H,6-7,10-11,14,21-22H2,1-2H3/t19-/m1/s1. The van der Waals surface area contributed by atoms with Crippen molar-refractivity contribution >= 4 is 0 Å². The van der Waals surface area contributed by atoms with Gasteiger partial charge >= 0.3 is 0 Å². The molecule has 1 atom stereocenters. The fraction of sp³-hybridized carbons (Fsp3) is 0.400. The highest BCUT2D eigenvalue weighted by Crippen LogP contribution is 2.29. The molecule has 3 nitrogen and oxygen atoms in total. The lowest BCUT2D eigenvalue weighted by atomic mass is 9.97. The molecular formula is C20H28N2O. The molecule has 23 heavy (non-hydrogen) atoms. The molecule has 2 aromatic rings. The van der Waals surface area contributed by atoms with E-state index in [2.05, 4.69) is 38.1 Å². The van der Waals surface area contributed by atoms with Crippen molar-refractivity contribution in [3.8, 4) is 5.75 Å². The first-order chi connectivity index (χ1) is 11.1. The van der Waals surface area contributed by atoms with Gasteiger partial charge in [-0.1, -0.05) is 48.9 Å². The molecule has 2 rings (SSSR count). The SMILES string of the molecule is Cc1cc([C@H](N)CCCCN)cc(C)c1OCc1ccccc1. The Morgan fingerprint density at radius 2 is 1.65 bits per heavy atom. The van der Waals surface area contributed by atoms with Gasteiger partial charge in [-0.05, 0) is 55.5 Å². The van der Waals surface area contributed by atoms with E-state index in [-0.39, 0.29) is 6.04 Å². The highest BCUT2D eigenvalue weighted by molar-refractivity contribution is 5.44. The lowest BCUT2D eigenvalue weighted by Gasteiger charge is -2.17. The molecule has 0 unspecified atom stereocenters. The fourth-order valence-electron chi connectivity index (χ4n) is 2.83. The monoisotopic (exact) mass is 312 g/mol. The summed E-state index contributed by atoms with van der Waals surface area (Å²) in [6, 6.07) is 14.6. The first kappa shape index (κ1) is 17.5. The van der Waals surface area contributed by atoms with Gasteiger partial charge in [-0.3, -0.25) is 0 Å². The lowest BCUT2D eigenvalue weighted by molar-refractivity contribution is 0.302. The Kier molecular flexibility index (Phi) is 6.63. The predicted molar refractivity (Wildman–Crippen MR) is 96.5 cm³/mol. The quantitative estimate of drug-likeness (QED) is 0.724. The van der Waals surface area contributed by atoms with Gasteiger partial charge in [0, 0.05) is 6.04 Å². The van der Waals surface area contributed by atoms with E-state index in [0.717, 1.165) is 42.7 Å². The minimum atomic E-state index is 0.0714. The van der Waals surface area contributed by atoms with Crippen molar-refractivity contribution in [2.45, 2.75) is 45.8 Å². The van der Waals surface area contributed by atoms with Crippen LogP contribution in [0, 0.1) is 13.8 Å². The third-order valence-electron chi connectivity index (χ3n) is 4.11. The summed E-state index contributed by atoms with van der Waals surface area (Å²) in [6.07, 6.45) is 3.08. The van der Waals surface area contributed by atoms with Crippen molar-refractivity contribution < 1.29 is 4.74 Å². The van der Waals surface area contributed by atoms with Gasteiger partial charge in [-0.15, -0.1) is 0 Å². The van der Waals surface area contributed by atoms with E-state index >= 15 is 0 Å². The van der Waals surface area contributed by atoms with Gasteiger partial charge in [-0.25, -0.2) is 0 Å². The molecule has 0 aromatic heterocycles. The lowest BCUT2D eigenvalue weighted by Crippen LogP contribution is -2.12. The number of hydrogen-bond donors (Lipinski definition) is 2. The van der Waals surface area contributed by atoms with Gasteiger partial charge in [0.2, 0.25) is 0 Å². The minimum Gasteiger partial charge on any atom is -0.488 e. The van der Waals surface area contributed by atoms with Crippen molar-refractivity contribution in [2.75, 3.05) is 6.54 Å². The largest absolute Gasteiger partial charge is 0.488 e. The zero-order chi connectivity index (χ0) is 16.7. The minimum absolute atomic E-state index is 0.0714. The van der Waals surface area contributed by atoms with E-state index in [1.165, 1.54) is 11.1 Å². The molecular weight excluding hydrogens is 284 g/mol. The summed E-state index contributed by atoms with van der Waals surface area (Å²) in [5, 5.41) is 0. The van der Waals surface area contributed by atoms with Crippen molar-refractivity contribution in [3.63, 3.8) is 0 Å². The molecule has 0 amide bonds. The summed E-state index contributed by atoms with van der Waals surface area (Å²) in [5.41, 5.74) is 16.5. The van der Waals surface area contributed by atoms with E-state index in [9.17, 15) is 0 Å². The van der Waals surface area contributed by atoms with E-state index in [1.807, 2.05) is 18.2 Å². The third-order valence-corrected chi connectivity index (χ3v) is 4.11. The van der Waals surface area contributed by atoms with E-state index in [4.69, 9.17) is 16.2 Å². The normalized spacial score (nSPS) is 12.2. The van der Waals surface area contributed by atoms with Crippen LogP contribution >= 0.6 is 0 Å². The first-order valence-electron chi connectivity index (χ1n) is 8.35. The number of rotatable bonds is 8. The van der Waals surface area contributed by atoms with E-state index in [0.29, 0.717) is 6.61 Å². The molecule has 0 aliphatic heterocycles. The number of nitrogens with two attached hydrogens (primary N) is 2. The fourth-order valence-corrected chi connectivity index (χ4v) is 2.83. The molecule has 0 aliphatic rings. The molecule has 2 aromatic carbocycles. The van der Waals surface area contributed by atoms with Crippen LogP contribution < -0.4 is 16.2 Å². The maximum absolute atomic E-state index is 6.31. The number of benzene rings is 2. The topological polar surface area (TPSA) is 61.3 Å². The average Bonchev–Trinajstić information content (AvgIpc) is 2.55. The highest BCUT2D eigenvalue weighted by atomic mass is 16.5. The molecule has 124 valence electrons. The van der Waals surface area contributed by atoms with Crippen LogP contribution in [0.4, 0.5) is 0 Å². The van der Waals surface area contributed by atoms with Gasteiger partial charge in [0.05, 0.1) is 0 Å². The number of ether oxygens (including phenoxy) is 1. The Morgan fingerprint density at radius 3 is 2.26 bits per heavy atom. The zero-order valence-corrected chi connectivity index (χ0v) is 14.2. The smallest absolute Gasteiger partial charge is 0.125 e. The molecule has 0 radical (unpaired) electrons. The van der Waals surface area contributed by atoms with Crippen LogP contribution in [-0.4, -0.2) is 6.54 Å². The van der Waals surface area contributed by atoms with Crippen molar-refractivity contribution in [1.82, 2.24) is 0 Å². The Bertz CT molecular complexity index is 587. The van der Waals surface area contributed by atoms with Crippen molar-refractivity contribution in [3.05, 3.63) is 64.7 Å². The molecule has 0 heterocycles. The molecule has 0 saturated carbocycles. The Labute approximate surface area is 139 Å². The second-order valence-electron chi connectivity index (χ2n) is 6.15.